The normalized spacial score (nSPS) is 16.6. The summed E-state index contributed by atoms with van der Waals surface area (Å²) in [5.74, 6) is 1.57. The van der Waals surface area contributed by atoms with Crippen molar-refractivity contribution in [1.29, 1.82) is 0 Å². The lowest BCUT2D eigenvalue weighted by molar-refractivity contribution is 0.243. The minimum atomic E-state index is -0.498. The summed E-state index contributed by atoms with van der Waals surface area (Å²) in [4.78, 5) is 15.0. The number of hydrogen-bond donors (Lipinski definition) is 0. The molecule has 1 aliphatic rings. The lowest BCUT2D eigenvalue weighted by atomic mass is 9.70. The average molecular weight is 289 g/mol. The van der Waals surface area contributed by atoms with Gasteiger partial charge in [0.15, 0.2) is 0 Å². The second-order valence-electron chi connectivity index (χ2n) is 6.59. The van der Waals surface area contributed by atoms with Crippen LogP contribution in [0.5, 0.6) is 11.5 Å². The van der Waals surface area contributed by atoms with Crippen LogP contribution in [-0.4, -0.2) is 20.3 Å². The molecule has 2 rings (SSSR count). The van der Waals surface area contributed by atoms with Gasteiger partial charge in [-0.2, -0.15) is 4.99 Å². The van der Waals surface area contributed by atoms with E-state index >= 15 is 0 Å². The Morgan fingerprint density at radius 1 is 1.19 bits per heavy atom. The molecule has 0 atom stereocenters. The van der Waals surface area contributed by atoms with Crippen LogP contribution in [-0.2, 0) is 15.7 Å². The standard InChI is InChI=1S/C17H23NO3/c1-16(2,3)13-9-12(20-4)10-14(15(13)21-5)17(18-11-19)7-6-8-17/h9-10H,6-8H2,1-5H3. The molecule has 0 heterocycles. The van der Waals surface area contributed by atoms with Crippen LogP contribution in [0, 0.1) is 0 Å². The number of hydrogen-bond acceptors (Lipinski definition) is 4. The Balaban J connectivity index is 2.72. The summed E-state index contributed by atoms with van der Waals surface area (Å²) in [7, 11) is 3.31. The zero-order chi connectivity index (χ0) is 15.7. The van der Waals surface area contributed by atoms with Crippen molar-refractivity contribution in [3.05, 3.63) is 23.3 Å². The molecule has 0 unspecified atom stereocenters. The number of carbonyl (C=O) groups excluding carboxylic acids is 1. The first-order valence-corrected chi connectivity index (χ1v) is 7.24. The van der Waals surface area contributed by atoms with Crippen LogP contribution in [0.4, 0.5) is 0 Å². The van der Waals surface area contributed by atoms with Crippen molar-refractivity contribution in [2.75, 3.05) is 14.2 Å². The monoisotopic (exact) mass is 289 g/mol. The molecule has 4 heteroatoms. The number of benzene rings is 1. The highest BCUT2D eigenvalue weighted by Crippen LogP contribution is 2.51. The largest absolute Gasteiger partial charge is 0.497 e. The second-order valence-corrected chi connectivity index (χ2v) is 6.59. The zero-order valence-corrected chi connectivity index (χ0v) is 13.4. The number of methoxy groups -OCH3 is 2. The minimum Gasteiger partial charge on any atom is -0.497 e. The van der Waals surface area contributed by atoms with E-state index in [4.69, 9.17) is 9.47 Å². The fourth-order valence-electron chi connectivity index (χ4n) is 2.88. The van der Waals surface area contributed by atoms with Gasteiger partial charge in [-0.1, -0.05) is 20.8 Å². The molecule has 1 aromatic rings. The molecular formula is C17H23NO3. The van der Waals surface area contributed by atoms with Gasteiger partial charge in [-0.15, -0.1) is 0 Å². The molecule has 0 spiro atoms. The molecular weight excluding hydrogens is 266 g/mol. The van der Waals surface area contributed by atoms with Crippen LogP contribution in [0.25, 0.3) is 0 Å². The van der Waals surface area contributed by atoms with Crippen molar-refractivity contribution >= 4 is 6.08 Å². The molecule has 0 aromatic heterocycles. The molecule has 1 saturated carbocycles. The average Bonchev–Trinajstić information content (AvgIpc) is 2.40. The molecule has 0 bridgehead atoms. The molecule has 1 aliphatic carbocycles. The van der Waals surface area contributed by atoms with Crippen molar-refractivity contribution < 1.29 is 14.3 Å². The highest BCUT2D eigenvalue weighted by Gasteiger charge is 2.42. The maximum absolute atomic E-state index is 10.9. The van der Waals surface area contributed by atoms with Gasteiger partial charge in [-0.05, 0) is 36.8 Å². The first-order valence-electron chi connectivity index (χ1n) is 7.24. The van der Waals surface area contributed by atoms with Gasteiger partial charge in [-0.3, -0.25) is 0 Å². The second kappa shape index (κ2) is 5.53. The van der Waals surface area contributed by atoms with Crippen LogP contribution in [0.3, 0.4) is 0 Å². The summed E-state index contributed by atoms with van der Waals surface area (Å²) >= 11 is 0. The highest BCUT2D eigenvalue weighted by molar-refractivity contribution is 5.55. The van der Waals surface area contributed by atoms with Crippen LogP contribution < -0.4 is 9.47 Å². The molecule has 114 valence electrons. The molecule has 1 aromatic carbocycles. The van der Waals surface area contributed by atoms with E-state index in [2.05, 4.69) is 25.8 Å². The Morgan fingerprint density at radius 2 is 1.86 bits per heavy atom. The Morgan fingerprint density at radius 3 is 2.24 bits per heavy atom. The summed E-state index contributed by atoms with van der Waals surface area (Å²) in [5, 5.41) is 0. The molecule has 0 aliphatic heterocycles. The smallest absolute Gasteiger partial charge is 0.235 e. The molecule has 4 nitrogen and oxygen atoms in total. The zero-order valence-electron chi connectivity index (χ0n) is 13.4. The van der Waals surface area contributed by atoms with Crippen LogP contribution >= 0.6 is 0 Å². The van der Waals surface area contributed by atoms with Crippen LogP contribution in [0.15, 0.2) is 17.1 Å². The van der Waals surface area contributed by atoms with E-state index in [0.29, 0.717) is 0 Å². The Kier molecular flexibility index (Phi) is 4.11. The van der Waals surface area contributed by atoms with Crippen molar-refractivity contribution in [3.8, 4) is 11.5 Å². The molecule has 1 fully saturated rings. The van der Waals surface area contributed by atoms with Gasteiger partial charge in [0, 0.05) is 11.1 Å². The lowest BCUT2D eigenvalue weighted by Crippen LogP contribution is -2.33. The lowest BCUT2D eigenvalue weighted by Gasteiger charge is -2.39. The third-order valence-corrected chi connectivity index (χ3v) is 4.25. The predicted molar refractivity (Wildman–Crippen MR) is 81.9 cm³/mol. The quantitative estimate of drug-likeness (QED) is 0.627. The molecule has 0 amide bonds. The Hall–Kier alpha value is -1.80. The maximum atomic E-state index is 10.9. The third kappa shape index (κ3) is 2.68. The number of nitrogens with zero attached hydrogens (tertiary/aromatic N) is 1. The van der Waals surface area contributed by atoms with E-state index in [-0.39, 0.29) is 5.41 Å². The van der Waals surface area contributed by atoms with E-state index in [9.17, 15) is 4.79 Å². The van der Waals surface area contributed by atoms with Gasteiger partial charge in [0.25, 0.3) is 0 Å². The summed E-state index contributed by atoms with van der Waals surface area (Å²) in [5.41, 5.74) is 1.40. The predicted octanol–water partition coefficient (Wildman–Crippen LogP) is 3.72. The van der Waals surface area contributed by atoms with Crippen molar-refractivity contribution in [1.82, 2.24) is 0 Å². The molecule has 21 heavy (non-hydrogen) atoms. The van der Waals surface area contributed by atoms with Crippen LogP contribution in [0.2, 0.25) is 0 Å². The maximum Gasteiger partial charge on any atom is 0.235 e. The number of isocyanates is 1. The topological polar surface area (TPSA) is 47.9 Å². The minimum absolute atomic E-state index is 0.0928. The van der Waals surface area contributed by atoms with Gasteiger partial charge < -0.3 is 9.47 Å². The van der Waals surface area contributed by atoms with Crippen molar-refractivity contribution in [3.63, 3.8) is 0 Å². The number of rotatable bonds is 4. The van der Waals surface area contributed by atoms with E-state index in [1.807, 2.05) is 12.1 Å². The van der Waals surface area contributed by atoms with E-state index in [1.54, 1.807) is 20.3 Å². The highest BCUT2D eigenvalue weighted by atomic mass is 16.5. The molecule has 0 radical (unpaired) electrons. The summed E-state index contributed by atoms with van der Waals surface area (Å²) in [6.07, 6.45) is 4.47. The van der Waals surface area contributed by atoms with Gasteiger partial charge in [-0.25, -0.2) is 4.79 Å². The molecule has 0 N–H and O–H groups in total. The van der Waals surface area contributed by atoms with E-state index < -0.39 is 5.54 Å². The summed E-state index contributed by atoms with van der Waals surface area (Å²) < 4.78 is 11.1. The van der Waals surface area contributed by atoms with Gasteiger partial charge in [0.2, 0.25) is 6.08 Å². The third-order valence-electron chi connectivity index (χ3n) is 4.25. The molecule has 0 saturated heterocycles. The summed E-state index contributed by atoms with van der Waals surface area (Å²) in [6.45, 7) is 6.39. The van der Waals surface area contributed by atoms with E-state index in [0.717, 1.165) is 41.9 Å². The summed E-state index contributed by atoms with van der Waals surface area (Å²) in [6, 6.07) is 3.94. The van der Waals surface area contributed by atoms with Gasteiger partial charge in [0.05, 0.1) is 14.2 Å². The fourth-order valence-corrected chi connectivity index (χ4v) is 2.88. The first kappa shape index (κ1) is 15.6. The van der Waals surface area contributed by atoms with Gasteiger partial charge in [0.1, 0.15) is 17.0 Å². The SMILES string of the molecule is COc1cc(C(C)(C)C)c(OC)c(C2(N=C=O)CCC2)c1. The van der Waals surface area contributed by atoms with Crippen LogP contribution in [0.1, 0.15) is 51.2 Å². The number of aliphatic imine (C=N–C) groups is 1. The van der Waals surface area contributed by atoms with E-state index in [1.165, 1.54) is 0 Å². The van der Waals surface area contributed by atoms with Crippen molar-refractivity contribution in [2.45, 2.75) is 51.0 Å². The van der Waals surface area contributed by atoms with Gasteiger partial charge >= 0.3 is 0 Å². The fraction of sp³-hybridized carbons (Fsp3) is 0.588. The van der Waals surface area contributed by atoms with Crippen molar-refractivity contribution in [2.24, 2.45) is 4.99 Å². The Labute approximate surface area is 126 Å². The Bertz CT molecular complexity index is 576. The number of ether oxygens (including phenoxy) is 2. The first-order chi connectivity index (χ1) is 9.88.